The van der Waals surface area contributed by atoms with Crippen molar-refractivity contribution in [3.8, 4) is 0 Å². The summed E-state index contributed by atoms with van der Waals surface area (Å²) in [6.45, 7) is 10.6. The SMILES string of the molecule is CC(CC(=O)OC1(c2ccccc2)CCNCC1)CC(C)(C)C. The van der Waals surface area contributed by atoms with Gasteiger partial charge in [0.25, 0.3) is 0 Å². The van der Waals surface area contributed by atoms with Crippen LogP contribution in [0.5, 0.6) is 0 Å². The smallest absolute Gasteiger partial charge is 0.306 e. The van der Waals surface area contributed by atoms with Crippen LogP contribution in [0.25, 0.3) is 0 Å². The van der Waals surface area contributed by atoms with Crippen LogP contribution in [-0.2, 0) is 15.1 Å². The number of piperidine rings is 1. The van der Waals surface area contributed by atoms with Crippen LogP contribution in [0.3, 0.4) is 0 Å². The van der Waals surface area contributed by atoms with Gasteiger partial charge in [0.05, 0.1) is 0 Å². The predicted molar refractivity (Wildman–Crippen MR) is 94.2 cm³/mol. The van der Waals surface area contributed by atoms with Crippen molar-refractivity contribution in [2.45, 2.75) is 59.0 Å². The number of hydrogen-bond acceptors (Lipinski definition) is 3. The first-order valence-corrected chi connectivity index (χ1v) is 8.79. The Morgan fingerprint density at radius 2 is 1.83 bits per heavy atom. The Balaban J connectivity index is 2.05. The number of carbonyl (C=O) groups is 1. The van der Waals surface area contributed by atoms with Crippen LogP contribution in [-0.4, -0.2) is 19.1 Å². The second-order valence-electron chi connectivity index (χ2n) is 8.16. The third-order valence-electron chi connectivity index (χ3n) is 4.50. The summed E-state index contributed by atoms with van der Waals surface area (Å²) >= 11 is 0. The van der Waals surface area contributed by atoms with Gasteiger partial charge in [-0.05, 0) is 36.4 Å². The zero-order chi connectivity index (χ0) is 16.9. The molecule has 23 heavy (non-hydrogen) atoms. The largest absolute Gasteiger partial charge is 0.454 e. The fourth-order valence-electron chi connectivity index (χ4n) is 3.68. The number of rotatable bonds is 5. The van der Waals surface area contributed by atoms with Gasteiger partial charge < -0.3 is 10.1 Å². The van der Waals surface area contributed by atoms with Crippen molar-refractivity contribution >= 4 is 5.97 Å². The van der Waals surface area contributed by atoms with E-state index >= 15 is 0 Å². The number of carbonyl (C=O) groups excluding carboxylic acids is 1. The predicted octanol–water partition coefficient (Wildman–Crippen LogP) is 4.27. The third kappa shape index (κ3) is 5.35. The van der Waals surface area contributed by atoms with Gasteiger partial charge in [-0.2, -0.15) is 0 Å². The lowest BCUT2D eigenvalue weighted by molar-refractivity contribution is -0.165. The van der Waals surface area contributed by atoms with Crippen molar-refractivity contribution in [2.75, 3.05) is 13.1 Å². The third-order valence-corrected chi connectivity index (χ3v) is 4.50. The van der Waals surface area contributed by atoms with Gasteiger partial charge in [-0.25, -0.2) is 0 Å². The Morgan fingerprint density at radius 3 is 2.39 bits per heavy atom. The van der Waals surface area contributed by atoms with Crippen LogP contribution < -0.4 is 5.32 Å². The minimum atomic E-state index is -0.453. The van der Waals surface area contributed by atoms with Crippen molar-refractivity contribution in [1.29, 1.82) is 0 Å². The lowest BCUT2D eigenvalue weighted by Crippen LogP contribution is -2.43. The Labute approximate surface area is 140 Å². The maximum absolute atomic E-state index is 12.5. The molecule has 1 aliphatic heterocycles. The summed E-state index contributed by atoms with van der Waals surface area (Å²) in [6, 6.07) is 10.2. The Kier molecular flexibility index (Phi) is 5.85. The number of nitrogens with one attached hydrogen (secondary N) is 1. The second kappa shape index (κ2) is 7.48. The average molecular weight is 317 g/mol. The molecule has 3 heteroatoms. The topological polar surface area (TPSA) is 38.3 Å². The van der Waals surface area contributed by atoms with Gasteiger partial charge in [-0.15, -0.1) is 0 Å². The number of esters is 1. The Morgan fingerprint density at radius 1 is 1.22 bits per heavy atom. The first-order chi connectivity index (χ1) is 10.8. The molecule has 1 aromatic carbocycles. The summed E-state index contributed by atoms with van der Waals surface area (Å²) in [5, 5.41) is 3.36. The lowest BCUT2D eigenvalue weighted by atomic mass is 9.83. The van der Waals surface area contributed by atoms with Crippen LogP contribution in [0.2, 0.25) is 0 Å². The van der Waals surface area contributed by atoms with Crippen LogP contribution in [0.1, 0.15) is 58.9 Å². The molecule has 1 unspecified atom stereocenters. The molecule has 3 nitrogen and oxygen atoms in total. The normalized spacial score (nSPS) is 19.1. The summed E-state index contributed by atoms with van der Waals surface area (Å²) in [5.74, 6) is 0.282. The van der Waals surface area contributed by atoms with E-state index in [1.54, 1.807) is 0 Å². The molecule has 1 fully saturated rings. The van der Waals surface area contributed by atoms with Crippen molar-refractivity contribution in [2.24, 2.45) is 11.3 Å². The van der Waals surface area contributed by atoms with Crippen molar-refractivity contribution in [1.82, 2.24) is 5.32 Å². The fraction of sp³-hybridized carbons (Fsp3) is 0.650. The lowest BCUT2D eigenvalue weighted by Gasteiger charge is -2.38. The van der Waals surface area contributed by atoms with E-state index in [1.807, 2.05) is 18.2 Å². The standard InChI is InChI=1S/C20H31NO2/c1-16(15-19(2,3)4)14-18(22)23-20(10-12-21-13-11-20)17-8-6-5-7-9-17/h5-9,16,21H,10-15H2,1-4H3. The molecule has 1 N–H and O–H groups in total. The average Bonchev–Trinajstić information content (AvgIpc) is 2.46. The van der Waals surface area contributed by atoms with Crippen LogP contribution in [0.4, 0.5) is 0 Å². The van der Waals surface area contributed by atoms with Crippen molar-refractivity contribution < 1.29 is 9.53 Å². The van der Waals surface area contributed by atoms with E-state index in [0.29, 0.717) is 12.3 Å². The zero-order valence-electron chi connectivity index (χ0n) is 15.0. The second-order valence-corrected chi connectivity index (χ2v) is 8.16. The monoisotopic (exact) mass is 317 g/mol. The number of hydrogen-bond donors (Lipinski definition) is 1. The van der Waals surface area contributed by atoms with Gasteiger partial charge in [0.2, 0.25) is 0 Å². The molecule has 1 atom stereocenters. The molecule has 128 valence electrons. The van der Waals surface area contributed by atoms with E-state index in [1.165, 1.54) is 0 Å². The minimum absolute atomic E-state index is 0.0625. The molecule has 0 saturated carbocycles. The maximum Gasteiger partial charge on any atom is 0.306 e. The van der Waals surface area contributed by atoms with E-state index < -0.39 is 5.60 Å². The molecule has 1 aromatic rings. The first kappa shape index (κ1) is 18.0. The number of ether oxygens (including phenoxy) is 1. The maximum atomic E-state index is 12.5. The highest BCUT2D eigenvalue weighted by Gasteiger charge is 2.38. The van der Waals surface area contributed by atoms with Gasteiger partial charge in [0.15, 0.2) is 0 Å². The quantitative estimate of drug-likeness (QED) is 0.824. The molecule has 1 heterocycles. The first-order valence-electron chi connectivity index (χ1n) is 8.79. The fourth-order valence-corrected chi connectivity index (χ4v) is 3.68. The van der Waals surface area contributed by atoms with Crippen LogP contribution in [0.15, 0.2) is 30.3 Å². The molecule has 1 saturated heterocycles. The van der Waals surface area contributed by atoms with E-state index in [0.717, 1.165) is 37.9 Å². The highest BCUT2D eigenvalue weighted by atomic mass is 16.6. The molecule has 0 amide bonds. The highest BCUT2D eigenvalue weighted by molar-refractivity contribution is 5.70. The van der Waals surface area contributed by atoms with E-state index in [4.69, 9.17) is 4.74 Å². The van der Waals surface area contributed by atoms with Gasteiger partial charge in [-0.1, -0.05) is 58.0 Å². The molecule has 0 radical (unpaired) electrons. The van der Waals surface area contributed by atoms with E-state index in [2.05, 4.69) is 45.1 Å². The molecular formula is C20H31NO2. The van der Waals surface area contributed by atoms with E-state index in [-0.39, 0.29) is 11.4 Å². The summed E-state index contributed by atoms with van der Waals surface area (Å²) in [5.41, 5.74) is 0.912. The minimum Gasteiger partial charge on any atom is -0.454 e. The summed E-state index contributed by atoms with van der Waals surface area (Å²) in [4.78, 5) is 12.5. The molecule has 0 bridgehead atoms. The molecule has 0 spiro atoms. The highest BCUT2D eigenvalue weighted by Crippen LogP contribution is 2.36. The number of benzene rings is 1. The van der Waals surface area contributed by atoms with Gasteiger partial charge in [0.1, 0.15) is 5.60 Å². The zero-order valence-corrected chi connectivity index (χ0v) is 15.0. The Bertz CT molecular complexity index is 498. The molecule has 0 aliphatic carbocycles. The van der Waals surface area contributed by atoms with Gasteiger partial charge in [-0.3, -0.25) is 4.79 Å². The van der Waals surface area contributed by atoms with E-state index in [9.17, 15) is 4.79 Å². The van der Waals surface area contributed by atoms with Crippen molar-refractivity contribution in [3.05, 3.63) is 35.9 Å². The Hall–Kier alpha value is -1.35. The molecular weight excluding hydrogens is 286 g/mol. The summed E-state index contributed by atoms with van der Waals surface area (Å²) in [7, 11) is 0. The molecule has 0 aromatic heterocycles. The molecule has 2 rings (SSSR count). The summed E-state index contributed by atoms with van der Waals surface area (Å²) in [6.07, 6.45) is 3.22. The van der Waals surface area contributed by atoms with Crippen LogP contribution >= 0.6 is 0 Å². The van der Waals surface area contributed by atoms with Gasteiger partial charge >= 0.3 is 5.97 Å². The van der Waals surface area contributed by atoms with Crippen molar-refractivity contribution in [3.63, 3.8) is 0 Å². The molecule has 1 aliphatic rings. The van der Waals surface area contributed by atoms with Crippen LogP contribution in [0, 0.1) is 11.3 Å². The van der Waals surface area contributed by atoms with Gasteiger partial charge in [0, 0.05) is 19.3 Å². The summed E-state index contributed by atoms with van der Waals surface area (Å²) < 4.78 is 6.07.